The van der Waals surface area contributed by atoms with Gasteiger partial charge < -0.3 is 10.0 Å². The normalized spacial score (nSPS) is 12.2. The number of anilines is 1. The first-order chi connectivity index (χ1) is 9.56. The Bertz CT molecular complexity index is 559. The topological polar surface area (TPSA) is 23.5 Å². The van der Waals surface area contributed by atoms with Crippen molar-refractivity contribution in [2.45, 2.75) is 12.5 Å². The van der Waals surface area contributed by atoms with Crippen molar-refractivity contribution < 1.29 is 9.50 Å². The molecule has 2 aromatic rings. The van der Waals surface area contributed by atoms with Crippen molar-refractivity contribution >= 4 is 21.6 Å². The average molecular weight is 338 g/mol. The molecule has 2 rings (SSSR count). The average Bonchev–Trinajstić information content (AvgIpc) is 2.45. The van der Waals surface area contributed by atoms with Crippen LogP contribution in [0.3, 0.4) is 0 Å². The van der Waals surface area contributed by atoms with E-state index in [4.69, 9.17) is 0 Å². The van der Waals surface area contributed by atoms with Crippen LogP contribution in [0.25, 0.3) is 0 Å². The summed E-state index contributed by atoms with van der Waals surface area (Å²) in [6.07, 6.45) is 0.111. The maximum absolute atomic E-state index is 12.9. The van der Waals surface area contributed by atoms with Crippen LogP contribution in [0, 0.1) is 5.82 Å². The molecule has 0 fully saturated rings. The van der Waals surface area contributed by atoms with E-state index in [-0.39, 0.29) is 5.82 Å². The lowest BCUT2D eigenvalue weighted by Gasteiger charge is -2.21. The number of hydrogen-bond donors (Lipinski definition) is 1. The number of hydrogen-bond acceptors (Lipinski definition) is 2. The third-order valence-corrected chi connectivity index (χ3v) is 3.73. The first kappa shape index (κ1) is 15.0. The highest BCUT2D eigenvalue weighted by Crippen LogP contribution is 2.22. The van der Waals surface area contributed by atoms with E-state index < -0.39 is 6.10 Å². The quantitative estimate of drug-likeness (QED) is 0.885. The second-order valence-corrected chi connectivity index (χ2v) is 5.67. The summed E-state index contributed by atoms with van der Waals surface area (Å²) in [6.45, 7) is 0.694. The highest BCUT2D eigenvalue weighted by molar-refractivity contribution is 9.10. The molecule has 2 aromatic carbocycles. The number of halogens is 2. The van der Waals surface area contributed by atoms with Gasteiger partial charge in [0, 0.05) is 23.8 Å². The summed E-state index contributed by atoms with van der Waals surface area (Å²) < 4.78 is 13.8. The lowest BCUT2D eigenvalue weighted by atomic mass is 10.1. The van der Waals surface area contributed by atoms with E-state index in [1.165, 1.54) is 12.1 Å². The number of aliphatic hydroxyl groups excluding tert-OH is 1. The van der Waals surface area contributed by atoms with Gasteiger partial charge in [0.05, 0.1) is 6.10 Å². The van der Waals surface area contributed by atoms with E-state index in [0.29, 0.717) is 13.0 Å². The molecule has 0 saturated carbocycles. The number of rotatable bonds is 5. The molecule has 0 aliphatic carbocycles. The first-order valence-corrected chi connectivity index (χ1v) is 7.26. The Morgan fingerprint density at radius 1 is 1.20 bits per heavy atom. The molecular weight excluding hydrogens is 321 g/mol. The van der Waals surface area contributed by atoms with Gasteiger partial charge in [-0.3, -0.25) is 0 Å². The molecule has 4 heteroatoms. The second-order valence-electron chi connectivity index (χ2n) is 4.76. The lowest BCUT2D eigenvalue weighted by molar-refractivity contribution is 0.169. The highest BCUT2D eigenvalue weighted by Gasteiger charge is 2.09. The monoisotopic (exact) mass is 337 g/mol. The third-order valence-electron chi connectivity index (χ3n) is 3.24. The molecule has 0 aromatic heterocycles. The molecular formula is C16H17BrFNO. The van der Waals surface area contributed by atoms with Crippen LogP contribution in [-0.2, 0) is 0 Å². The van der Waals surface area contributed by atoms with Gasteiger partial charge in [-0.1, -0.05) is 28.1 Å². The van der Waals surface area contributed by atoms with Crippen molar-refractivity contribution in [1.29, 1.82) is 0 Å². The minimum absolute atomic E-state index is 0.240. The zero-order valence-electron chi connectivity index (χ0n) is 11.3. The van der Waals surface area contributed by atoms with Crippen molar-refractivity contribution in [3.05, 3.63) is 64.4 Å². The van der Waals surface area contributed by atoms with Crippen LogP contribution >= 0.6 is 15.9 Å². The van der Waals surface area contributed by atoms with Crippen LogP contribution in [0.1, 0.15) is 18.1 Å². The molecule has 0 spiro atoms. The third kappa shape index (κ3) is 4.05. The molecule has 0 amide bonds. The summed E-state index contributed by atoms with van der Waals surface area (Å²) in [5.74, 6) is -0.240. The van der Waals surface area contributed by atoms with Crippen LogP contribution < -0.4 is 4.90 Å². The Kier molecular flexibility index (Phi) is 5.15. The summed E-state index contributed by atoms with van der Waals surface area (Å²) in [6, 6.07) is 14.0. The van der Waals surface area contributed by atoms with Gasteiger partial charge in [-0.15, -0.1) is 0 Å². The number of nitrogens with zero attached hydrogens (tertiary/aromatic N) is 1. The standard InChI is InChI=1S/C16H17BrFNO/c1-19(15-7-5-14(18)6-8-15)10-9-16(20)12-3-2-4-13(17)11-12/h2-8,11,16,20H,9-10H2,1H3. The van der Waals surface area contributed by atoms with E-state index in [9.17, 15) is 9.50 Å². The van der Waals surface area contributed by atoms with Crippen molar-refractivity contribution in [3.8, 4) is 0 Å². The van der Waals surface area contributed by atoms with Gasteiger partial charge in [-0.2, -0.15) is 0 Å². The fourth-order valence-electron chi connectivity index (χ4n) is 2.02. The lowest BCUT2D eigenvalue weighted by Crippen LogP contribution is -2.20. The molecule has 1 N–H and O–H groups in total. The fourth-order valence-corrected chi connectivity index (χ4v) is 2.44. The minimum Gasteiger partial charge on any atom is -0.388 e. The molecule has 0 heterocycles. The predicted octanol–water partition coefficient (Wildman–Crippen LogP) is 4.15. The second kappa shape index (κ2) is 6.86. The van der Waals surface area contributed by atoms with Crippen molar-refractivity contribution in [1.82, 2.24) is 0 Å². The summed E-state index contributed by atoms with van der Waals surface area (Å²) in [7, 11) is 1.93. The molecule has 20 heavy (non-hydrogen) atoms. The molecule has 1 atom stereocenters. The highest BCUT2D eigenvalue weighted by atomic mass is 79.9. The Hall–Kier alpha value is -1.39. The predicted molar refractivity (Wildman–Crippen MR) is 83.4 cm³/mol. The summed E-state index contributed by atoms with van der Waals surface area (Å²) in [5.41, 5.74) is 1.83. The molecule has 0 saturated heterocycles. The van der Waals surface area contributed by atoms with Gasteiger partial charge in [-0.05, 0) is 48.4 Å². The van der Waals surface area contributed by atoms with E-state index in [1.807, 2.05) is 36.2 Å². The van der Waals surface area contributed by atoms with Gasteiger partial charge in [0.15, 0.2) is 0 Å². The molecule has 0 radical (unpaired) electrons. The number of benzene rings is 2. The van der Waals surface area contributed by atoms with Crippen LogP contribution in [0.4, 0.5) is 10.1 Å². The van der Waals surface area contributed by atoms with Crippen LogP contribution in [-0.4, -0.2) is 18.7 Å². The smallest absolute Gasteiger partial charge is 0.123 e. The van der Waals surface area contributed by atoms with Crippen molar-refractivity contribution in [2.75, 3.05) is 18.5 Å². The molecule has 2 nitrogen and oxygen atoms in total. The van der Waals surface area contributed by atoms with Crippen LogP contribution in [0.2, 0.25) is 0 Å². The Balaban J connectivity index is 1.93. The Labute approximate surface area is 127 Å². The molecule has 0 aliphatic heterocycles. The summed E-state index contributed by atoms with van der Waals surface area (Å²) in [4.78, 5) is 2.00. The number of aliphatic hydroxyl groups is 1. The van der Waals surface area contributed by atoms with E-state index in [0.717, 1.165) is 15.7 Å². The molecule has 0 bridgehead atoms. The zero-order valence-corrected chi connectivity index (χ0v) is 12.8. The van der Waals surface area contributed by atoms with Gasteiger partial charge >= 0.3 is 0 Å². The van der Waals surface area contributed by atoms with Crippen LogP contribution in [0.15, 0.2) is 53.0 Å². The maximum atomic E-state index is 12.9. The van der Waals surface area contributed by atoms with Crippen molar-refractivity contribution in [2.24, 2.45) is 0 Å². The van der Waals surface area contributed by atoms with E-state index >= 15 is 0 Å². The Morgan fingerprint density at radius 3 is 2.55 bits per heavy atom. The zero-order chi connectivity index (χ0) is 14.5. The van der Waals surface area contributed by atoms with Gasteiger partial charge in [-0.25, -0.2) is 4.39 Å². The SMILES string of the molecule is CN(CCC(O)c1cccc(Br)c1)c1ccc(F)cc1. The van der Waals surface area contributed by atoms with Crippen molar-refractivity contribution in [3.63, 3.8) is 0 Å². The largest absolute Gasteiger partial charge is 0.388 e. The maximum Gasteiger partial charge on any atom is 0.123 e. The molecule has 106 valence electrons. The first-order valence-electron chi connectivity index (χ1n) is 6.46. The fraction of sp³-hybridized carbons (Fsp3) is 0.250. The summed E-state index contributed by atoms with van der Waals surface area (Å²) in [5, 5.41) is 10.2. The summed E-state index contributed by atoms with van der Waals surface area (Å²) >= 11 is 3.40. The van der Waals surface area contributed by atoms with Gasteiger partial charge in [0.25, 0.3) is 0 Å². The van der Waals surface area contributed by atoms with E-state index in [2.05, 4.69) is 15.9 Å². The van der Waals surface area contributed by atoms with Gasteiger partial charge in [0.2, 0.25) is 0 Å². The van der Waals surface area contributed by atoms with Crippen LogP contribution in [0.5, 0.6) is 0 Å². The van der Waals surface area contributed by atoms with E-state index in [1.54, 1.807) is 12.1 Å². The molecule has 1 unspecified atom stereocenters. The minimum atomic E-state index is -0.504. The van der Waals surface area contributed by atoms with Gasteiger partial charge in [0.1, 0.15) is 5.82 Å². The Morgan fingerprint density at radius 2 is 1.90 bits per heavy atom. The molecule has 0 aliphatic rings.